The lowest BCUT2D eigenvalue weighted by molar-refractivity contribution is 0.0687. The summed E-state index contributed by atoms with van der Waals surface area (Å²) in [6, 6.07) is 0. The molecule has 1 aliphatic heterocycles. The van der Waals surface area contributed by atoms with Crippen molar-refractivity contribution in [2.45, 2.75) is 33.1 Å². The van der Waals surface area contributed by atoms with E-state index in [0.29, 0.717) is 12.5 Å². The topological polar surface area (TPSA) is 59.2 Å². The molecule has 100 valence electrons. The molecule has 5 heteroatoms. The smallest absolute Gasteiger partial charge is 0.265 e. The minimum atomic E-state index is 0.153. The van der Waals surface area contributed by atoms with Crippen LogP contribution in [0.4, 0.5) is 0 Å². The molecule has 0 radical (unpaired) electrons. The van der Waals surface area contributed by atoms with Gasteiger partial charge < -0.3 is 10.6 Å². The molecular weight excluding hydrogens is 246 g/mol. The molecule has 0 spiro atoms. The van der Waals surface area contributed by atoms with E-state index in [9.17, 15) is 4.79 Å². The lowest BCUT2D eigenvalue weighted by Gasteiger charge is -2.30. The lowest BCUT2D eigenvalue weighted by atomic mass is 10.0. The number of amides is 1. The molecule has 1 aromatic rings. The number of piperidine rings is 1. The van der Waals surface area contributed by atoms with E-state index in [4.69, 9.17) is 5.73 Å². The van der Waals surface area contributed by atoms with Gasteiger partial charge in [-0.1, -0.05) is 6.92 Å². The molecule has 1 aromatic heterocycles. The fraction of sp³-hybridized carbons (Fsp3) is 0.692. The second kappa shape index (κ2) is 5.80. The number of likely N-dealkylation sites (tertiary alicyclic amines) is 1. The van der Waals surface area contributed by atoms with Gasteiger partial charge in [0, 0.05) is 19.5 Å². The van der Waals surface area contributed by atoms with Gasteiger partial charge in [0.25, 0.3) is 5.91 Å². The third-order valence-electron chi connectivity index (χ3n) is 3.34. The van der Waals surface area contributed by atoms with Crippen molar-refractivity contribution in [2.24, 2.45) is 11.7 Å². The summed E-state index contributed by atoms with van der Waals surface area (Å²) in [7, 11) is 0. The summed E-state index contributed by atoms with van der Waals surface area (Å²) >= 11 is 1.50. The van der Waals surface area contributed by atoms with Crippen molar-refractivity contribution in [2.75, 3.05) is 19.6 Å². The number of aryl methyl sites for hydroxylation is 1. The summed E-state index contributed by atoms with van der Waals surface area (Å²) in [5.74, 6) is 0.763. The fourth-order valence-corrected chi connectivity index (χ4v) is 3.45. The Bertz CT molecular complexity index is 430. The van der Waals surface area contributed by atoms with Gasteiger partial charge in [0.05, 0.1) is 10.7 Å². The molecule has 4 nitrogen and oxygen atoms in total. The van der Waals surface area contributed by atoms with Gasteiger partial charge in [-0.25, -0.2) is 4.98 Å². The highest BCUT2D eigenvalue weighted by molar-refractivity contribution is 7.13. The lowest BCUT2D eigenvalue weighted by Crippen LogP contribution is -2.39. The Morgan fingerprint density at radius 3 is 3.06 bits per heavy atom. The average molecular weight is 267 g/mol. The molecular formula is C13H21N3OS. The zero-order chi connectivity index (χ0) is 13.1. The Labute approximate surface area is 112 Å². The number of hydrogen-bond acceptors (Lipinski definition) is 4. The van der Waals surface area contributed by atoms with Crippen LogP contribution in [0.5, 0.6) is 0 Å². The highest BCUT2D eigenvalue weighted by atomic mass is 32.1. The largest absolute Gasteiger partial charge is 0.338 e. The van der Waals surface area contributed by atoms with Crippen LogP contribution in [0.15, 0.2) is 0 Å². The van der Waals surface area contributed by atoms with Crippen LogP contribution in [0.2, 0.25) is 0 Å². The molecule has 0 saturated carbocycles. The maximum Gasteiger partial charge on any atom is 0.265 e. The molecule has 1 atom stereocenters. The Kier molecular flexibility index (Phi) is 4.35. The summed E-state index contributed by atoms with van der Waals surface area (Å²) in [5.41, 5.74) is 6.38. The highest BCUT2D eigenvalue weighted by Gasteiger charge is 2.25. The number of carbonyl (C=O) groups is 1. The van der Waals surface area contributed by atoms with Gasteiger partial charge in [-0.15, -0.1) is 11.3 Å². The Morgan fingerprint density at radius 2 is 2.39 bits per heavy atom. The molecule has 2 N–H and O–H groups in total. The first-order chi connectivity index (χ1) is 8.61. The molecule has 1 fully saturated rings. The first-order valence-electron chi connectivity index (χ1n) is 6.57. The maximum absolute atomic E-state index is 12.4. The number of hydrogen-bond donors (Lipinski definition) is 1. The molecule has 0 aromatic carbocycles. The Balaban J connectivity index is 2.12. The number of thiazole rings is 1. The van der Waals surface area contributed by atoms with E-state index in [-0.39, 0.29) is 5.91 Å². The van der Waals surface area contributed by atoms with E-state index in [1.54, 1.807) is 0 Å². The maximum atomic E-state index is 12.4. The fourth-order valence-electron chi connectivity index (χ4n) is 2.40. The van der Waals surface area contributed by atoms with Crippen LogP contribution in [0, 0.1) is 12.8 Å². The number of carbonyl (C=O) groups excluding carboxylic acids is 1. The number of nitrogens with two attached hydrogens (primary N) is 1. The minimum absolute atomic E-state index is 0.153. The van der Waals surface area contributed by atoms with E-state index in [0.717, 1.165) is 41.5 Å². The SMILES string of the molecule is Cc1nc(CCN)sc1C(=O)N1CCCC(C)C1. The average Bonchev–Trinajstić information content (AvgIpc) is 2.70. The number of nitrogens with zero attached hydrogens (tertiary/aromatic N) is 2. The normalized spacial score (nSPS) is 20.2. The van der Waals surface area contributed by atoms with Gasteiger partial charge in [0.15, 0.2) is 0 Å². The number of aromatic nitrogens is 1. The summed E-state index contributed by atoms with van der Waals surface area (Å²) in [5, 5.41) is 0.975. The quantitative estimate of drug-likeness (QED) is 0.909. The van der Waals surface area contributed by atoms with E-state index in [1.165, 1.54) is 17.8 Å². The molecule has 1 saturated heterocycles. The predicted octanol–water partition coefficient (Wildman–Crippen LogP) is 1.82. The van der Waals surface area contributed by atoms with Gasteiger partial charge in [-0.2, -0.15) is 0 Å². The first-order valence-corrected chi connectivity index (χ1v) is 7.39. The van der Waals surface area contributed by atoms with Crippen molar-refractivity contribution < 1.29 is 4.79 Å². The summed E-state index contributed by atoms with van der Waals surface area (Å²) < 4.78 is 0. The van der Waals surface area contributed by atoms with E-state index >= 15 is 0 Å². The zero-order valence-electron chi connectivity index (χ0n) is 11.1. The molecule has 1 amide bonds. The molecule has 2 rings (SSSR count). The molecule has 0 aliphatic carbocycles. The van der Waals surface area contributed by atoms with Crippen molar-refractivity contribution in [1.82, 2.24) is 9.88 Å². The van der Waals surface area contributed by atoms with Crippen LogP contribution in [0.3, 0.4) is 0 Å². The summed E-state index contributed by atoms with van der Waals surface area (Å²) in [4.78, 5) is 19.6. The number of rotatable bonds is 3. The standard InChI is InChI=1S/C13H21N3OS/c1-9-4-3-7-16(8-9)13(17)12-10(2)15-11(18-12)5-6-14/h9H,3-8,14H2,1-2H3. The third-order valence-corrected chi connectivity index (χ3v) is 4.54. The van der Waals surface area contributed by atoms with Gasteiger partial charge in [-0.05, 0) is 32.2 Å². The second-order valence-electron chi connectivity index (χ2n) is 5.06. The molecule has 1 aliphatic rings. The van der Waals surface area contributed by atoms with E-state index in [2.05, 4.69) is 11.9 Å². The van der Waals surface area contributed by atoms with Crippen LogP contribution in [0.25, 0.3) is 0 Å². The van der Waals surface area contributed by atoms with Crippen LogP contribution in [-0.2, 0) is 6.42 Å². The molecule has 0 bridgehead atoms. The van der Waals surface area contributed by atoms with Crippen molar-refractivity contribution in [3.8, 4) is 0 Å². The van der Waals surface area contributed by atoms with Crippen LogP contribution in [0.1, 0.15) is 40.1 Å². The first kappa shape index (κ1) is 13.5. The Hall–Kier alpha value is -0.940. The van der Waals surface area contributed by atoms with Gasteiger partial charge in [-0.3, -0.25) is 4.79 Å². The molecule has 2 heterocycles. The summed E-state index contributed by atoms with van der Waals surface area (Å²) in [6.07, 6.45) is 3.10. The molecule has 1 unspecified atom stereocenters. The van der Waals surface area contributed by atoms with Crippen molar-refractivity contribution in [1.29, 1.82) is 0 Å². The minimum Gasteiger partial charge on any atom is -0.338 e. The highest BCUT2D eigenvalue weighted by Crippen LogP contribution is 2.23. The monoisotopic (exact) mass is 267 g/mol. The zero-order valence-corrected chi connectivity index (χ0v) is 11.9. The van der Waals surface area contributed by atoms with Crippen molar-refractivity contribution >= 4 is 17.2 Å². The van der Waals surface area contributed by atoms with E-state index < -0.39 is 0 Å². The second-order valence-corrected chi connectivity index (χ2v) is 6.14. The van der Waals surface area contributed by atoms with Crippen LogP contribution >= 0.6 is 11.3 Å². The summed E-state index contributed by atoms with van der Waals surface area (Å²) in [6.45, 7) is 6.46. The van der Waals surface area contributed by atoms with Gasteiger partial charge in [0.2, 0.25) is 0 Å². The van der Waals surface area contributed by atoms with Crippen molar-refractivity contribution in [3.05, 3.63) is 15.6 Å². The van der Waals surface area contributed by atoms with Gasteiger partial charge >= 0.3 is 0 Å². The van der Waals surface area contributed by atoms with Crippen LogP contribution in [-0.4, -0.2) is 35.4 Å². The predicted molar refractivity (Wildman–Crippen MR) is 73.9 cm³/mol. The van der Waals surface area contributed by atoms with Gasteiger partial charge in [0.1, 0.15) is 4.88 Å². The van der Waals surface area contributed by atoms with Crippen molar-refractivity contribution in [3.63, 3.8) is 0 Å². The van der Waals surface area contributed by atoms with E-state index in [1.807, 2.05) is 11.8 Å². The Morgan fingerprint density at radius 1 is 1.61 bits per heavy atom. The third kappa shape index (κ3) is 2.90. The van der Waals surface area contributed by atoms with Crippen LogP contribution < -0.4 is 5.73 Å². The molecule has 18 heavy (non-hydrogen) atoms.